The van der Waals surface area contributed by atoms with Crippen LogP contribution >= 0.6 is 0 Å². The van der Waals surface area contributed by atoms with Crippen LogP contribution in [0.25, 0.3) is 0 Å². The van der Waals surface area contributed by atoms with Crippen LogP contribution in [0.4, 0.5) is 13.2 Å². The van der Waals surface area contributed by atoms with Crippen molar-refractivity contribution in [3.63, 3.8) is 0 Å². The summed E-state index contributed by atoms with van der Waals surface area (Å²) in [5.74, 6) is -0.235. The second-order valence-corrected chi connectivity index (χ2v) is 6.91. The number of hydrazine groups is 1. The van der Waals surface area contributed by atoms with Gasteiger partial charge in [0.1, 0.15) is 11.0 Å². The maximum atomic E-state index is 12.7. The van der Waals surface area contributed by atoms with Gasteiger partial charge in [-0.1, -0.05) is 18.7 Å². The summed E-state index contributed by atoms with van der Waals surface area (Å²) < 4.78 is 38.2. The molecule has 0 aliphatic carbocycles. The first-order valence-electron chi connectivity index (χ1n) is 8.79. The van der Waals surface area contributed by atoms with Crippen LogP contribution in [0.2, 0.25) is 0 Å². The molecule has 1 amide bonds. The molecule has 2 heterocycles. The molecule has 2 saturated heterocycles. The smallest absolute Gasteiger partial charge is 0.352 e. The quantitative estimate of drug-likeness (QED) is 0.626. The summed E-state index contributed by atoms with van der Waals surface area (Å²) in [4.78, 5) is 26.5. The van der Waals surface area contributed by atoms with Gasteiger partial charge in [0.05, 0.1) is 23.4 Å². The number of hydrogen-bond acceptors (Lipinski definition) is 3. The van der Waals surface area contributed by atoms with E-state index < -0.39 is 11.7 Å². The summed E-state index contributed by atoms with van der Waals surface area (Å²) in [7, 11) is 0. The van der Waals surface area contributed by atoms with Crippen molar-refractivity contribution in [1.29, 1.82) is 0 Å². The van der Waals surface area contributed by atoms with E-state index in [9.17, 15) is 22.9 Å². The number of fused-ring (bicyclic) bond motifs is 1. The fourth-order valence-electron chi connectivity index (χ4n) is 3.66. The van der Waals surface area contributed by atoms with E-state index >= 15 is 0 Å². The van der Waals surface area contributed by atoms with Gasteiger partial charge in [0.25, 0.3) is 0 Å². The van der Waals surface area contributed by atoms with Gasteiger partial charge in [-0.15, -0.1) is 5.01 Å². The molecule has 0 bridgehead atoms. The van der Waals surface area contributed by atoms with Gasteiger partial charge in [-0.2, -0.15) is 13.2 Å². The lowest BCUT2D eigenvalue weighted by Gasteiger charge is -2.39. The van der Waals surface area contributed by atoms with Crippen molar-refractivity contribution in [2.24, 2.45) is 5.92 Å². The first-order valence-corrected chi connectivity index (χ1v) is 8.79. The van der Waals surface area contributed by atoms with Crippen molar-refractivity contribution < 1.29 is 22.8 Å². The van der Waals surface area contributed by atoms with Crippen molar-refractivity contribution in [3.05, 3.63) is 53.0 Å². The summed E-state index contributed by atoms with van der Waals surface area (Å²) in [6, 6.07) is 5.10. The topological polar surface area (TPSA) is 55.7 Å². The molecule has 2 aliphatic heterocycles. The molecular formula is C18H22F3N4O2+. The highest BCUT2D eigenvalue weighted by molar-refractivity contribution is 5.86. The molecule has 2 unspecified atom stereocenters. The third kappa shape index (κ3) is 4.47. The number of nitrogens with one attached hydrogen (secondary N) is 1. The molecule has 1 aromatic carbocycles. The number of amides is 1. The average molecular weight is 383 g/mol. The summed E-state index contributed by atoms with van der Waals surface area (Å²) in [6.45, 7) is 5.84. The molecule has 27 heavy (non-hydrogen) atoms. The van der Waals surface area contributed by atoms with E-state index in [2.05, 4.69) is 16.8 Å². The molecule has 2 fully saturated rings. The standard InChI is InChI=1S/C18H21F3N4O2/c1-2-16(26)22-9-14-11-23(17-7-8-25(27)24(17)12-14)10-13-3-5-15(6-4-13)18(19,20)21/h2-6,14,17H,1,7-12H2/p+1. The number of halogens is 3. The Balaban J connectivity index is 1.70. The Labute approximate surface area is 155 Å². The molecule has 0 radical (unpaired) electrons. The molecule has 6 nitrogen and oxygen atoms in total. The van der Waals surface area contributed by atoms with Gasteiger partial charge in [-0.25, -0.2) is 0 Å². The normalized spacial score (nSPS) is 23.2. The lowest BCUT2D eigenvalue weighted by molar-refractivity contribution is -0.697. The second kappa shape index (κ2) is 7.67. The van der Waals surface area contributed by atoms with Crippen molar-refractivity contribution in [1.82, 2.24) is 15.2 Å². The summed E-state index contributed by atoms with van der Waals surface area (Å²) >= 11 is 0. The van der Waals surface area contributed by atoms with Crippen LogP contribution in [0, 0.1) is 10.8 Å². The van der Waals surface area contributed by atoms with E-state index in [-0.39, 0.29) is 18.0 Å². The van der Waals surface area contributed by atoms with Crippen molar-refractivity contribution in [3.8, 4) is 0 Å². The predicted molar refractivity (Wildman–Crippen MR) is 92.2 cm³/mol. The molecule has 1 N–H and O–H groups in total. The molecule has 2 aliphatic rings. The van der Waals surface area contributed by atoms with Gasteiger partial charge >= 0.3 is 6.18 Å². The molecule has 146 valence electrons. The Morgan fingerprint density at radius 2 is 2.00 bits per heavy atom. The fraction of sp³-hybridized carbons (Fsp3) is 0.500. The largest absolute Gasteiger partial charge is 0.416 e. The van der Waals surface area contributed by atoms with Crippen LogP contribution in [0.5, 0.6) is 0 Å². The zero-order valence-corrected chi connectivity index (χ0v) is 14.8. The van der Waals surface area contributed by atoms with Gasteiger partial charge in [0.2, 0.25) is 12.5 Å². The number of benzene rings is 1. The Hall–Kier alpha value is -2.42. The van der Waals surface area contributed by atoms with Gasteiger partial charge in [0.15, 0.2) is 0 Å². The van der Waals surface area contributed by atoms with E-state index in [1.54, 1.807) is 5.01 Å². The van der Waals surface area contributed by atoms with Gasteiger partial charge in [-0.05, 0) is 23.8 Å². The van der Waals surface area contributed by atoms with Crippen LogP contribution in [-0.4, -0.2) is 53.0 Å². The lowest BCUT2D eigenvalue weighted by atomic mass is 10.0. The van der Waals surface area contributed by atoms with Crippen molar-refractivity contribution in [2.75, 3.05) is 26.2 Å². The molecule has 3 rings (SSSR count). The number of alkyl halides is 3. The molecule has 0 saturated carbocycles. The highest BCUT2D eigenvalue weighted by Crippen LogP contribution is 2.30. The number of nitrogens with zero attached hydrogens (tertiary/aromatic N) is 3. The average Bonchev–Trinajstić information content (AvgIpc) is 3.01. The predicted octanol–water partition coefficient (Wildman–Crippen LogP) is 2.17. The van der Waals surface area contributed by atoms with Crippen LogP contribution in [0.3, 0.4) is 0 Å². The van der Waals surface area contributed by atoms with E-state index in [0.29, 0.717) is 39.1 Å². The number of carbonyl (C=O) groups excluding carboxylic acids is 1. The maximum Gasteiger partial charge on any atom is 0.416 e. The minimum absolute atomic E-state index is 0.0362. The van der Waals surface area contributed by atoms with E-state index in [0.717, 1.165) is 22.6 Å². The Morgan fingerprint density at radius 3 is 2.63 bits per heavy atom. The highest BCUT2D eigenvalue weighted by atomic mass is 19.4. The maximum absolute atomic E-state index is 12.7. The third-order valence-corrected chi connectivity index (χ3v) is 4.99. The molecule has 0 aromatic heterocycles. The minimum Gasteiger partial charge on any atom is -0.352 e. The lowest BCUT2D eigenvalue weighted by Crippen LogP contribution is -2.57. The second-order valence-electron chi connectivity index (χ2n) is 6.91. The highest BCUT2D eigenvalue weighted by Gasteiger charge is 2.46. The summed E-state index contributed by atoms with van der Waals surface area (Å²) in [5.41, 5.74) is 0.0752. The Bertz CT molecular complexity index is 720. The van der Waals surface area contributed by atoms with Crippen LogP contribution < -0.4 is 5.32 Å². The Morgan fingerprint density at radius 1 is 1.30 bits per heavy atom. The Kier molecular flexibility index (Phi) is 5.50. The molecule has 9 heteroatoms. The van der Waals surface area contributed by atoms with Gasteiger partial charge in [-0.3, -0.25) is 9.69 Å². The van der Waals surface area contributed by atoms with Gasteiger partial charge in [0, 0.05) is 25.6 Å². The zero-order valence-electron chi connectivity index (χ0n) is 14.8. The summed E-state index contributed by atoms with van der Waals surface area (Å²) in [6.07, 6.45) is -2.56. The third-order valence-electron chi connectivity index (χ3n) is 4.99. The number of hydrogen-bond donors (Lipinski definition) is 1. The molecular weight excluding hydrogens is 361 g/mol. The fourth-order valence-corrected chi connectivity index (χ4v) is 3.66. The van der Waals surface area contributed by atoms with E-state index in [1.807, 2.05) is 0 Å². The number of nitroso groups, excluding NO2 is 1. The zero-order chi connectivity index (χ0) is 19.6. The van der Waals surface area contributed by atoms with Crippen LogP contribution in [0.1, 0.15) is 17.5 Å². The van der Waals surface area contributed by atoms with Crippen LogP contribution in [0.15, 0.2) is 36.9 Å². The van der Waals surface area contributed by atoms with Crippen molar-refractivity contribution >= 4 is 5.91 Å². The SMILES string of the molecule is C=CC(=O)NCC1CN(Cc2ccc(C(F)(F)F)cc2)C2CC[N+](=O)N2C1. The first-order chi connectivity index (χ1) is 12.8. The van der Waals surface area contributed by atoms with E-state index in [1.165, 1.54) is 18.2 Å². The summed E-state index contributed by atoms with van der Waals surface area (Å²) in [5, 5.41) is 4.48. The number of carbonyl (C=O) groups is 1. The molecule has 1 aromatic rings. The van der Waals surface area contributed by atoms with Gasteiger partial charge < -0.3 is 5.32 Å². The monoisotopic (exact) mass is 383 g/mol. The van der Waals surface area contributed by atoms with Crippen molar-refractivity contribution in [2.45, 2.75) is 25.3 Å². The molecule has 0 spiro atoms. The first kappa shape index (κ1) is 19.3. The number of rotatable bonds is 5. The minimum atomic E-state index is -4.36. The van der Waals surface area contributed by atoms with Crippen LogP contribution in [-0.2, 0) is 17.5 Å². The molecule has 2 atom stereocenters. The van der Waals surface area contributed by atoms with E-state index in [4.69, 9.17) is 0 Å².